The molecule has 10 nitrogen and oxygen atoms in total. The zero-order chi connectivity index (χ0) is 19.4. The van der Waals surface area contributed by atoms with Gasteiger partial charge in [-0.05, 0) is 25.9 Å². The minimum atomic E-state index is 0.571. The Kier molecular flexibility index (Phi) is 8.95. The van der Waals surface area contributed by atoms with Crippen LogP contribution in [0.4, 0.5) is 17.8 Å². The normalized spacial score (nSPS) is 18.8. The van der Waals surface area contributed by atoms with E-state index in [9.17, 15) is 0 Å². The Morgan fingerprint density at radius 1 is 0.714 bits per heavy atom. The quantitative estimate of drug-likeness (QED) is 0.451. The Balaban J connectivity index is 1.38. The average Bonchev–Trinajstić information content (AvgIpc) is 2.76. The van der Waals surface area contributed by atoms with E-state index in [0.29, 0.717) is 17.8 Å². The summed E-state index contributed by atoms with van der Waals surface area (Å²) >= 11 is 0. The van der Waals surface area contributed by atoms with Crippen LogP contribution in [0.5, 0.6) is 0 Å². The van der Waals surface area contributed by atoms with E-state index in [1.54, 1.807) is 0 Å². The number of nitrogens with zero attached hydrogens (tertiary/aromatic N) is 5. The van der Waals surface area contributed by atoms with Crippen molar-refractivity contribution in [3.63, 3.8) is 0 Å². The van der Waals surface area contributed by atoms with Gasteiger partial charge in [0.25, 0.3) is 0 Å². The number of nitrogens with one attached hydrogen (secondary N) is 3. The third-order valence-corrected chi connectivity index (χ3v) is 4.93. The molecule has 2 aliphatic heterocycles. The number of ether oxygens (including phenoxy) is 2. The molecule has 0 spiro atoms. The minimum absolute atomic E-state index is 0.571. The molecule has 2 saturated heterocycles. The summed E-state index contributed by atoms with van der Waals surface area (Å²) in [6.45, 7) is 11.2. The summed E-state index contributed by atoms with van der Waals surface area (Å²) in [6, 6.07) is 0. The molecule has 2 aliphatic rings. The van der Waals surface area contributed by atoms with Crippen LogP contribution in [0.2, 0.25) is 0 Å². The maximum atomic E-state index is 5.38. The van der Waals surface area contributed by atoms with E-state index in [4.69, 9.17) is 9.47 Å². The van der Waals surface area contributed by atoms with Crippen LogP contribution in [0.1, 0.15) is 12.8 Å². The highest BCUT2D eigenvalue weighted by atomic mass is 16.5. The molecule has 1 aromatic rings. The fourth-order valence-electron chi connectivity index (χ4n) is 3.30. The van der Waals surface area contributed by atoms with Gasteiger partial charge >= 0.3 is 0 Å². The average molecular weight is 395 g/mol. The fourth-order valence-corrected chi connectivity index (χ4v) is 3.30. The SMILES string of the molecule is CNc1nc(NCCCN2CCOCC2)nc(NCCCN2CCOCC2)n1. The van der Waals surface area contributed by atoms with Gasteiger partial charge < -0.3 is 25.4 Å². The van der Waals surface area contributed by atoms with E-state index in [0.717, 1.165) is 91.6 Å². The van der Waals surface area contributed by atoms with Gasteiger partial charge in [-0.2, -0.15) is 15.0 Å². The molecule has 2 fully saturated rings. The van der Waals surface area contributed by atoms with E-state index in [2.05, 4.69) is 40.7 Å². The van der Waals surface area contributed by atoms with Crippen LogP contribution in [0.25, 0.3) is 0 Å². The smallest absolute Gasteiger partial charge is 0.229 e. The van der Waals surface area contributed by atoms with Crippen molar-refractivity contribution in [2.45, 2.75) is 12.8 Å². The molecule has 0 aliphatic carbocycles. The van der Waals surface area contributed by atoms with Gasteiger partial charge in [-0.25, -0.2) is 0 Å². The van der Waals surface area contributed by atoms with Gasteiger partial charge in [0.1, 0.15) is 0 Å². The van der Waals surface area contributed by atoms with Crippen LogP contribution in [-0.2, 0) is 9.47 Å². The molecule has 10 heteroatoms. The molecule has 0 saturated carbocycles. The third-order valence-electron chi connectivity index (χ3n) is 4.93. The standard InChI is InChI=1S/C18H34N8O2/c1-19-16-22-17(20-4-2-6-25-8-12-27-13-9-25)24-18(23-16)21-5-3-7-26-10-14-28-15-11-26/h2-15H2,1H3,(H3,19,20,21,22,23,24). The molecule has 3 N–H and O–H groups in total. The molecule has 0 amide bonds. The maximum absolute atomic E-state index is 5.38. The molecule has 0 aromatic carbocycles. The van der Waals surface area contributed by atoms with Crippen molar-refractivity contribution in [2.24, 2.45) is 0 Å². The molecular formula is C18H34N8O2. The van der Waals surface area contributed by atoms with Crippen LogP contribution < -0.4 is 16.0 Å². The van der Waals surface area contributed by atoms with Crippen LogP contribution in [0.15, 0.2) is 0 Å². The zero-order valence-electron chi connectivity index (χ0n) is 17.0. The number of hydrogen-bond acceptors (Lipinski definition) is 10. The van der Waals surface area contributed by atoms with Gasteiger partial charge in [0.15, 0.2) is 0 Å². The van der Waals surface area contributed by atoms with Gasteiger partial charge in [-0.1, -0.05) is 0 Å². The topological polar surface area (TPSA) is 99.7 Å². The van der Waals surface area contributed by atoms with E-state index < -0.39 is 0 Å². The molecule has 28 heavy (non-hydrogen) atoms. The summed E-state index contributed by atoms with van der Waals surface area (Å²) < 4.78 is 10.8. The lowest BCUT2D eigenvalue weighted by atomic mass is 10.3. The van der Waals surface area contributed by atoms with Crippen molar-refractivity contribution in [1.82, 2.24) is 24.8 Å². The van der Waals surface area contributed by atoms with Crippen molar-refractivity contribution in [1.29, 1.82) is 0 Å². The van der Waals surface area contributed by atoms with Crippen molar-refractivity contribution >= 4 is 17.8 Å². The lowest BCUT2D eigenvalue weighted by molar-refractivity contribution is 0.0378. The molecule has 3 rings (SSSR count). The second-order valence-electron chi connectivity index (χ2n) is 7.02. The predicted octanol–water partition coefficient (Wildman–Crippen LogP) is 0.182. The number of rotatable bonds is 11. The molecule has 0 radical (unpaired) electrons. The highest BCUT2D eigenvalue weighted by Crippen LogP contribution is 2.09. The van der Waals surface area contributed by atoms with Gasteiger partial charge in [0.05, 0.1) is 26.4 Å². The minimum Gasteiger partial charge on any atom is -0.379 e. The van der Waals surface area contributed by atoms with Crippen molar-refractivity contribution in [3.05, 3.63) is 0 Å². The first kappa shape index (κ1) is 21.0. The number of anilines is 3. The molecule has 0 unspecified atom stereocenters. The Labute approximate surface area is 167 Å². The van der Waals surface area contributed by atoms with E-state index in [-0.39, 0.29) is 0 Å². The number of morpholine rings is 2. The highest BCUT2D eigenvalue weighted by Gasteiger charge is 2.11. The molecular weight excluding hydrogens is 360 g/mol. The van der Waals surface area contributed by atoms with Crippen LogP contribution in [-0.4, -0.2) is 111 Å². The van der Waals surface area contributed by atoms with Gasteiger partial charge in [0, 0.05) is 46.3 Å². The summed E-state index contributed by atoms with van der Waals surface area (Å²) in [7, 11) is 1.82. The molecule has 3 heterocycles. The van der Waals surface area contributed by atoms with Gasteiger partial charge in [0.2, 0.25) is 17.8 Å². The monoisotopic (exact) mass is 394 g/mol. The van der Waals surface area contributed by atoms with Crippen LogP contribution in [0.3, 0.4) is 0 Å². The number of aromatic nitrogens is 3. The molecule has 158 valence electrons. The van der Waals surface area contributed by atoms with Crippen molar-refractivity contribution in [3.8, 4) is 0 Å². The van der Waals surface area contributed by atoms with Crippen molar-refractivity contribution in [2.75, 3.05) is 102 Å². The second-order valence-corrected chi connectivity index (χ2v) is 7.02. The van der Waals surface area contributed by atoms with Crippen LogP contribution in [0, 0.1) is 0 Å². The van der Waals surface area contributed by atoms with Gasteiger partial charge in [-0.15, -0.1) is 0 Å². The van der Waals surface area contributed by atoms with E-state index >= 15 is 0 Å². The first-order valence-corrected chi connectivity index (χ1v) is 10.4. The lowest BCUT2D eigenvalue weighted by Gasteiger charge is -2.26. The molecule has 0 bridgehead atoms. The maximum Gasteiger partial charge on any atom is 0.229 e. The Morgan fingerprint density at radius 2 is 1.14 bits per heavy atom. The van der Waals surface area contributed by atoms with E-state index in [1.807, 2.05) is 7.05 Å². The summed E-state index contributed by atoms with van der Waals surface area (Å²) in [4.78, 5) is 18.2. The molecule has 0 atom stereocenters. The first-order valence-electron chi connectivity index (χ1n) is 10.4. The number of hydrogen-bond donors (Lipinski definition) is 3. The Bertz CT molecular complexity index is 520. The summed E-state index contributed by atoms with van der Waals surface area (Å²) in [5.74, 6) is 1.79. The largest absolute Gasteiger partial charge is 0.379 e. The Hall–Kier alpha value is -1.75. The van der Waals surface area contributed by atoms with Crippen molar-refractivity contribution < 1.29 is 9.47 Å². The summed E-state index contributed by atoms with van der Waals surface area (Å²) in [5, 5.41) is 9.64. The Morgan fingerprint density at radius 3 is 1.57 bits per heavy atom. The van der Waals surface area contributed by atoms with Gasteiger partial charge in [-0.3, -0.25) is 9.80 Å². The predicted molar refractivity (Wildman–Crippen MR) is 110 cm³/mol. The first-order chi connectivity index (χ1) is 13.8. The summed E-state index contributed by atoms with van der Waals surface area (Å²) in [5.41, 5.74) is 0. The van der Waals surface area contributed by atoms with E-state index in [1.165, 1.54) is 0 Å². The van der Waals surface area contributed by atoms with Crippen LogP contribution >= 0.6 is 0 Å². The molecule has 1 aromatic heterocycles. The zero-order valence-corrected chi connectivity index (χ0v) is 17.0. The fraction of sp³-hybridized carbons (Fsp3) is 0.833. The third kappa shape index (κ3) is 7.34. The summed E-state index contributed by atoms with van der Waals surface area (Å²) in [6.07, 6.45) is 2.09. The highest BCUT2D eigenvalue weighted by molar-refractivity contribution is 5.41. The lowest BCUT2D eigenvalue weighted by Crippen LogP contribution is -2.37. The second kappa shape index (κ2) is 11.9.